The van der Waals surface area contributed by atoms with E-state index in [1.165, 1.54) is 11.8 Å². The quantitative estimate of drug-likeness (QED) is 0.129. The molecule has 1 unspecified atom stereocenters. The molecule has 0 N–H and O–H groups in total. The fraction of sp³-hybridized carbons (Fsp3) is 0.958. The van der Waals surface area contributed by atoms with Gasteiger partial charge in [0.05, 0.1) is 13.2 Å². The van der Waals surface area contributed by atoms with Gasteiger partial charge in [0.15, 0.2) is 14.7 Å². The van der Waals surface area contributed by atoms with Crippen LogP contribution in [-0.4, -0.2) is 95.0 Å². The Balaban J connectivity index is 5.05. The third-order valence-electron chi connectivity index (χ3n) is 5.09. The Labute approximate surface area is 210 Å². The zero-order valence-corrected chi connectivity index (χ0v) is 24.9. The molecule has 0 aliphatic rings. The van der Waals surface area contributed by atoms with Gasteiger partial charge in [-0.2, -0.15) is 0 Å². The number of hydrogen-bond acceptors (Lipinski definition) is 8. The second kappa shape index (κ2) is 18.5. The zero-order chi connectivity index (χ0) is 25.6. The largest absolute Gasteiger partial charge is 0.351 e. The van der Waals surface area contributed by atoms with E-state index in [0.717, 1.165) is 13.1 Å². The van der Waals surface area contributed by atoms with Gasteiger partial charge in [0.1, 0.15) is 6.61 Å². The maximum absolute atomic E-state index is 12.2. The van der Waals surface area contributed by atoms with Crippen LogP contribution in [0.5, 0.6) is 0 Å². The topological polar surface area (TPSA) is 54.5 Å². The van der Waals surface area contributed by atoms with Gasteiger partial charge >= 0.3 is 0 Å². The van der Waals surface area contributed by atoms with Gasteiger partial charge in [-0.1, -0.05) is 25.6 Å². The van der Waals surface area contributed by atoms with Crippen molar-refractivity contribution in [2.24, 2.45) is 0 Å². The molecule has 0 aliphatic heterocycles. The lowest BCUT2D eigenvalue weighted by molar-refractivity contribution is -0.152. The van der Waals surface area contributed by atoms with Gasteiger partial charge in [0.25, 0.3) is 0 Å². The van der Waals surface area contributed by atoms with Gasteiger partial charge in [0, 0.05) is 36.5 Å². The lowest BCUT2D eigenvalue weighted by Gasteiger charge is -2.45. The van der Waals surface area contributed by atoms with Crippen molar-refractivity contribution in [2.75, 3.05) is 45.2 Å². The van der Waals surface area contributed by atoms with Crippen molar-refractivity contribution in [3.8, 4) is 0 Å². The molecule has 7 nitrogen and oxygen atoms in total. The fourth-order valence-corrected chi connectivity index (χ4v) is 6.73. The Bertz CT molecular complexity index is 472. The summed E-state index contributed by atoms with van der Waals surface area (Å²) in [5, 5.41) is 0.184. The monoisotopic (exact) mass is 509 g/mol. The highest BCUT2D eigenvalue weighted by atomic mass is 32.2. The molecule has 198 valence electrons. The molecule has 0 rings (SSSR count). The van der Waals surface area contributed by atoms with E-state index in [4.69, 9.17) is 14.0 Å². The van der Waals surface area contributed by atoms with Gasteiger partial charge in [-0.05, 0) is 75.4 Å². The number of nitrogens with zero attached hydrogens (tertiary/aromatic N) is 3. The second-order valence-electron chi connectivity index (χ2n) is 9.12. The van der Waals surface area contributed by atoms with Crippen molar-refractivity contribution in [2.45, 2.75) is 107 Å². The Morgan fingerprint density at radius 2 is 1.30 bits per heavy atom. The van der Waals surface area contributed by atoms with Crippen LogP contribution in [0.4, 0.5) is 0 Å². The molecule has 9 heteroatoms. The van der Waals surface area contributed by atoms with E-state index in [2.05, 4.69) is 83.5 Å². The summed E-state index contributed by atoms with van der Waals surface area (Å²) in [5.74, 6) is 0.618. The lowest BCUT2D eigenvalue weighted by Crippen LogP contribution is -2.44. The number of likely N-dealkylation sites (N-methyl/N-ethyl adjacent to an activating group) is 1. The molecule has 0 aliphatic carbocycles. The van der Waals surface area contributed by atoms with Gasteiger partial charge in [0.2, 0.25) is 5.12 Å². The summed E-state index contributed by atoms with van der Waals surface area (Å²) in [6, 6.07) is 1.43. The molecule has 0 saturated heterocycles. The standard InChI is InChI=1S/C24H52N3O4PS/c1-12-25(13-2)17-23(28)33-16-15-30-24(29-14-3)18-31-32(26(19(4)5)20(6)7)27(21(8)9)22(10)11/h19-22,24H,12-18H2,1-11H3. The van der Waals surface area contributed by atoms with E-state index in [-0.39, 0.29) is 5.12 Å². The average Bonchev–Trinajstić information content (AvgIpc) is 2.71. The summed E-state index contributed by atoms with van der Waals surface area (Å²) in [6.07, 6.45) is -0.444. The number of hydrogen-bond donors (Lipinski definition) is 0. The maximum atomic E-state index is 12.2. The summed E-state index contributed by atoms with van der Waals surface area (Å²) in [5.41, 5.74) is 0. The van der Waals surface area contributed by atoms with Crippen LogP contribution < -0.4 is 0 Å². The van der Waals surface area contributed by atoms with Gasteiger partial charge in [-0.3, -0.25) is 9.69 Å². The van der Waals surface area contributed by atoms with E-state index in [1.807, 2.05) is 6.92 Å². The fourth-order valence-electron chi connectivity index (χ4n) is 3.70. The Morgan fingerprint density at radius 1 is 0.818 bits per heavy atom. The molecule has 0 bridgehead atoms. The molecule has 0 heterocycles. The van der Waals surface area contributed by atoms with Gasteiger partial charge < -0.3 is 14.0 Å². The van der Waals surface area contributed by atoms with Crippen molar-refractivity contribution < 1.29 is 18.8 Å². The van der Waals surface area contributed by atoms with E-state index in [0.29, 0.717) is 56.3 Å². The maximum Gasteiger partial charge on any atom is 0.203 e. The summed E-state index contributed by atoms with van der Waals surface area (Å²) in [7, 11) is -0.990. The average molecular weight is 510 g/mol. The van der Waals surface area contributed by atoms with Gasteiger partial charge in [-0.15, -0.1) is 0 Å². The summed E-state index contributed by atoms with van der Waals surface area (Å²) >= 11 is 1.33. The second-order valence-corrected chi connectivity index (χ2v) is 12.0. The predicted molar refractivity (Wildman–Crippen MR) is 144 cm³/mol. The molecule has 0 fully saturated rings. The first-order valence-corrected chi connectivity index (χ1v) is 14.8. The molecule has 0 aromatic carbocycles. The molecule has 0 aromatic heterocycles. The molecule has 0 saturated carbocycles. The Morgan fingerprint density at radius 3 is 1.70 bits per heavy atom. The first-order chi connectivity index (χ1) is 15.5. The Hall–Kier alpha value is 0.210. The number of carbonyl (C=O) groups is 1. The highest BCUT2D eigenvalue weighted by Crippen LogP contribution is 2.50. The molecule has 0 spiro atoms. The normalized spacial score (nSPS) is 13.8. The summed E-state index contributed by atoms with van der Waals surface area (Å²) in [6.45, 7) is 27.5. The van der Waals surface area contributed by atoms with E-state index in [1.54, 1.807) is 0 Å². The predicted octanol–water partition coefficient (Wildman–Crippen LogP) is 5.45. The Kier molecular flexibility index (Phi) is 18.6. The number of rotatable bonds is 19. The molecule has 0 aromatic rings. The first-order valence-electron chi connectivity index (χ1n) is 12.6. The zero-order valence-electron chi connectivity index (χ0n) is 23.2. The van der Waals surface area contributed by atoms with Crippen molar-refractivity contribution in [1.29, 1.82) is 0 Å². The molecule has 1 atom stereocenters. The minimum Gasteiger partial charge on any atom is -0.351 e. The van der Waals surface area contributed by atoms with Gasteiger partial charge in [-0.25, -0.2) is 9.34 Å². The van der Waals surface area contributed by atoms with Crippen LogP contribution >= 0.6 is 20.2 Å². The van der Waals surface area contributed by atoms with Crippen molar-refractivity contribution in [1.82, 2.24) is 14.2 Å². The van der Waals surface area contributed by atoms with Crippen molar-refractivity contribution in [3.05, 3.63) is 0 Å². The summed E-state index contributed by atoms with van der Waals surface area (Å²) < 4.78 is 23.3. The number of thioether (sulfide) groups is 1. The molecular weight excluding hydrogens is 457 g/mol. The molecule has 33 heavy (non-hydrogen) atoms. The first kappa shape index (κ1) is 33.2. The van der Waals surface area contributed by atoms with Crippen LogP contribution in [0.1, 0.15) is 76.2 Å². The van der Waals surface area contributed by atoms with Crippen LogP contribution in [0, 0.1) is 0 Å². The highest BCUT2D eigenvalue weighted by Gasteiger charge is 2.35. The van der Waals surface area contributed by atoms with E-state index < -0.39 is 14.7 Å². The van der Waals surface area contributed by atoms with Crippen LogP contribution in [0.3, 0.4) is 0 Å². The summed E-state index contributed by atoms with van der Waals surface area (Å²) in [4.78, 5) is 14.3. The minimum absolute atomic E-state index is 0.184. The third kappa shape index (κ3) is 13.2. The SMILES string of the molecule is CCOC(COP(N(C(C)C)C(C)C)N(C(C)C)C(C)C)OCCSC(=O)CN(CC)CC. The highest BCUT2D eigenvalue weighted by molar-refractivity contribution is 8.13. The smallest absolute Gasteiger partial charge is 0.203 e. The number of carbonyl (C=O) groups excluding carboxylic acids is 1. The minimum atomic E-state index is -0.990. The van der Waals surface area contributed by atoms with Crippen molar-refractivity contribution in [3.63, 3.8) is 0 Å². The molecule has 0 amide bonds. The lowest BCUT2D eigenvalue weighted by atomic mass is 10.3. The van der Waals surface area contributed by atoms with E-state index in [9.17, 15) is 4.79 Å². The third-order valence-corrected chi connectivity index (χ3v) is 8.93. The number of ether oxygens (including phenoxy) is 2. The van der Waals surface area contributed by atoms with Crippen LogP contribution in [0.2, 0.25) is 0 Å². The van der Waals surface area contributed by atoms with Crippen LogP contribution in [-0.2, 0) is 18.8 Å². The van der Waals surface area contributed by atoms with Crippen LogP contribution in [0.25, 0.3) is 0 Å². The van der Waals surface area contributed by atoms with E-state index >= 15 is 0 Å². The molecule has 0 radical (unpaired) electrons. The van der Waals surface area contributed by atoms with Crippen LogP contribution in [0.15, 0.2) is 0 Å². The molecular formula is C24H52N3O4PS. The van der Waals surface area contributed by atoms with Crippen molar-refractivity contribution >= 4 is 25.3 Å².